The van der Waals surface area contributed by atoms with Crippen molar-refractivity contribution in [1.82, 2.24) is 0 Å². The molecule has 1 N–H and O–H groups in total. The van der Waals surface area contributed by atoms with Crippen molar-refractivity contribution in [2.24, 2.45) is 0 Å². The molecular weight excluding hydrogens is 396 g/mol. The molecule has 30 heavy (non-hydrogen) atoms. The van der Waals surface area contributed by atoms with Gasteiger partial charge in [0.15, 0.2) is 5.78 Å². The molecule has 0 fully saturated rings. The Labute approximate surface area is 169 Å². The van der Waals surface area contributed by atoms with Gasteiger partial charge in [-0.15, -0.1) is 0 Å². The Bertz CT molecular complexity index is 1130. The van der Waals surface area contributed by atoms with Gasteiger partial charge in [-0.05, 0) is 54.6 Å². The van der Waals surface area contributed by atoms with E-state index in [4.69, 9.17) is 9.94 Å². The highest BCUT2D eigenvalue weighted by atomic mass is 19.1. The summed E-state index contributed by atoms with van der Waals surface area (Å²) in [7, 11) is 0. The first kappa shape index (κ1) is 20.8. The van der Waals surface area contributed by atoms with E-state index in [1.54, 1.807) is 6.07 Å². The van der Waals surface area contributed by atoms with Crippen LogP contribution in [0.3, 0.4) is 0 Å². The van der Waals surface area contributed by atoms with Gasteiger partial charge in [0, 0.05) is 5.56 Å². The smallest absolute Gasteiger partial charge is 0.343 e. The van der Waals surface area contributed by atoms with E-state index < -0.39 is 28.6 Å². The molecule has 0 heterocycles. The van der Waals surface area contributed by atoms with Crippen molar-refractivity contribution in [3.8, 4) is 5.75 Å². The van der Waals surface area contributed by atoms with E-state index in [0.717, 1.165) is 30.3 Å². The molecule has 0 unspecified atom stereocenters. The summed E-state index contributed by atoms with van der Waals surface area (Å²) >= 11 is 0. The van der Waals surface area contributed by atoms with Crippen molar-refractivity contribution in [2.45, 2.75) is 0 Å². The molecule has 0 saturated heterocycles. The maximum Gasteiger partial charge on any atom is 0.343 e. The number of hydrogen-bond donors (Lipinski definition) is 1. The van der Waals surface area contributed by atoms with Gasteiger partial charge < -0.3 is 15.2 Å². The summed E-state index contributed by atoms with van der Waals surface area (Å²) in [5, 5.41) is 19.5. The molecule has 0 amide bonds. The number of anilines is 1. The molecule has 6 nitrogen and oxygen atoms in total. The summed E-state index contributed by atoms with van der Waals surface area (Å²) in [5.41, 5.74) is -0.372. The Morgan fingerprint density at radius 2 is 1.77 bits per heavy atom. The van der Waals surface area contributed by atoms with Crippen LogP contribution in [0.5, 0.6) is 5.75 Å². The van der Waals surface area contributed by atoms with Gasteiger partial charge in [0.25, 0.3) is 0 Å². The Balaban J connectivity index is 1.86. The van der Waals surface area contributed by atoms with E-state index in [2.05, 4.69) is 0 Å². The van der Waals surface area contributed by atoms with Crippen LogP contribution in [0, 0.1) is 16.8 Å². The fraction of sp³-hybridized carbons (Fsp3) is 0. The van der Waals surface area contributed by atoms with Crippen molar-refractivity contribution in [2.75, 3.05) is 5.23 Å². The van der Waals surface area contributed by atoms with E-state index in [-0.39, 0.29) is 28.1 Å². The molecule has 0 aliphatic rings. The zero-order valence-corrected chi connectivity index (χ0v) is 15.3. The summed E-state index contributed by atoms with van der Waals surface area (Å²) in [4.78, 5) is 24.9. The molecular formula is C22H14F2NO5-. The first-order valence-corrected chi connectivity index (χ1v) is 8.60. The van der Waals surface area contributed by atoms with Crippen molar-refractivity contribution < 1.29 is 28.3 Å². The molecule has 0 bridgehead atoms. The van der Waals surface area contributed by atoms with E-state index in [0.29, 0.717) is 0 Å². The number of ketones is 1. The Morgan fingerprint density at radius 1 is 1.00 bits per heavy atom. The van der Waals surface area contributed by atoms with Crippen LogP contribution in [0.4, 0.5) is 14.5 Å². The second-order valence-electron chi connectivity index (χ2n) is 6.07. The Kier molecular flexibility index (Phi) is 6.31. The molecule has 0 spiro atoms. The molecule has 0 saturated carbocycles. The average molecular weight is 410 g/mol. The number of benzene rings is 3. The third kappa shape index (κ3) is 4.93. The quantitative estimate of drug-likeness (QED) is 0.207. The van der Waals surface area contributed by atoms with Crippen LogP contribution in [0.15, 0.2) is 72.8 Å². The number of halogens is 2. The summed E-state index contributed by atoms with van der Waals surface area (Å²) < 4.78 is 32.6. The van der Waals surface area contributed by atoms with Crippen LogP contribution in [-0.2, 0) is 0 Å². The lowest BCUT2D eigenvalue weighted by Gasteiger charge is -2.21. The lowest BCUT2D eigenvalue weighted by molar-refractivity contribution is 0.0733. The maximum atomic E-state index is 13.7. The molecule has 0 aliphatic carbocycles. The highest BCUT2D eigenvalue weighted by Crippen LogP contribution is 2.23. The first-order valence-electron chi connectivity index (χ1n) is 8.60. The lowest BCUT2D eigenvalue weighted by Crippen LogP contribution is -2.13. The van der Waals surface area contributed by atoms with Gasteiger partial charge in [0.1, 0.15) is 17.4 Å². The minimum atomic E-state index is -0.933. The fourth-order valence-electron chi connectivity index (χ4n) is 2.56. The summed E-state index contributed by atoms with van der Waals surface area (Å²) in [6.07, 6.45) is 2.26. The zero-order chi connectivity index (χ0) is 21.7. The highest BCUT2D eigenvalue weighted by molar-refractivity contribution is 6.09. The number of carbonyl (C=O) groups is 2. The van der Waals surface area contributed by atoms with Crippen molar-refractivity contribution in [3.63, 3.8) is 0 Å². The zero-order valence-electron chi connectivity index (χ0n) is 15.3. The Morgan fingerprint density at radius 3 is 2.50 bits per heavy atom. The second kappa shape index (κ2) is 9.08. The maximum absolute atomic E-state index is 13.7. The Hall–Kier alpha value is -3.88. The van der Waals surface area contributed by atoms with E-state index in [9.17, 15) is 23.6 Å². The number of allylic oxidation sites excluding steroid dienone is 1. The number of rotatable bonds is 6. The lowest BCUT2D eigenvalue weighted by atomic mass is 10.1. The molecule has 152 valence electrons. The van der Waals surface area contributed by atoms with E-state index in [1.165, 1.54) is 42.5 Å². The summed E-state index contributed by atoms with van der Waals surface area (Å²) in [6, 6.07) is 13.8. The number of nitrogens with zero attached hydrogens (tertiary/aromatic N) is 1. The van der Waals surface area contributed by atoms with Crippen LogP contribution >= 0.6 is 0 Å². The van der Waals surface area contributed by atoms with Crippen molar-refractivity contribution in [3.05, 3.63) is 106 Å². The molecule has 3 aromatic rings. The topological polar surface area (TPSA) is 89.9 Å². The van der Waals surface area contributed by atoms with Gasteiger partial charge >= 0.3 is 5.97 Å². The van der Waals surface area contributed by atoms with Crippen LogP contribution in [-0.4, -0.2) is 17.0 Å². The van der Waals surface area contributed by atoms with Gasteiger partial charge in [-0.3, -0.25) is 10.0 Å². The molecule has 0 aliphatic heterocycles. The minimum absolute atomic E-state index is 0.0768. The minimum Gasteiger partial charge on any atom is -0.733 e. The summed E-state index contributed by atoms with van der Waals surface area (Å²) in [5.74, 6) is -3.14. The number of carbonyl (C=O) groups excluding carboxylic acids is 2. The van der Waals surface area contributed by atoms with Crippen LogP contribution in [0.25, 0.3) is 6.08 Å². The van der Waals surface area contributed by atoms with Gasteiger partial charge in [-0.2, -0.15) is 0 Å². The number of hydrogen-bond acceptors (Lipinski definition) is 6. The molecule has 8 heteroatoms. The van der Waals surface area contributed by atoms with Gasteiger partial charge in [0.2, 0.25) is 0 Å². The van der Waals surface area contributed by atoms with E-state index in [1.807, 2.05) is 0 Å². The molecule has 0 atom stereocenters. The van der Waals surface area contributed by atoms with E-state index >= 15 is 0 Å². The molecule has 3 rings (SSSR count). The SMILES string of the molecule is O=C(Oc1ccc(F)cc1C(=O)C=Cc1ccccc1F)c1cccc(N([O-])O)c1. The predicted octanol–water partition coefficient (Wildman–Crippen LogP) is 4.77. The van der Waals surface area contributed by atoms with Gasteiger partial charge in [0.05, 0.1) is 16.8 Å². The van der Waals surface area contributed by atoms with Gasteiger partial charge in [-0.1, -0.05) is 24.3 Å². The largest absolute Gasteiger partial charge is 0.733 e. The van der Waals surface area contributed by atoms with Crippen LogP contribution in [0.1, 0.15) is 26.3 Å². The average Bonchev–Trinajstić information content (AvgIpc) is 2.74. The predicted molar refractivity (Wildman–Crippen MR) is 105 cm³/mol. The highest BCUT2D eigenvalue weighted by Gasteiger charge is 2.17. The third-order valence-electron chi connectivity index (χ3n) is 4.03. The third-order valence-corrected chi connectivity index (χ3v) is 4.03. The van der Waals surface area contributed by atoms with Crippen molar-refractivity contribution >= 4 is 23.5 Å². The van der Waals surface area contributed by atoms with Gasteiger partial charge in [-0.25, -0.2) is 13.6 Å². The molecule has 0 aromatic heterocycles. The summed E-state index contributed by atoms with van der Waals surface area (Å²) in [6.45, 7) is 0. The fourth-order valence-corrected chi connectivity index (χ4v) is 2.56. The molecule has 0 radical (unpaired) electrons. The number of ether oxygens (including phenoxy) is 1. The first-order chi connectivity index (χ1) is 14.3. The standard InChI is InChI=1S/C22H14F2NO5/c23-16-9-11-21(30-22(27)15-5-3-6-17(12-15)25(28)29)18(13-16)20(26)10-8-14-4-1-2-7-19(14)24/h1-13,28H/q-1. The molecule has 3 aromatic carbocycles. The monoisotopic (exact) mass is 410 g/mol. The second-order valence-corrected chi connectivity index (χ2v) is 6.07. The van der Waals surface area contributed by atoms with Crippen LogP contribution in [0.2, 0.25) is 0 Å². The van der Waals surface area contributed by atoms with Crippen LogP contribution < -0.4 is 9.96 Å². The normalized spacial score (nSPS) is 10.8. The number of esters is 1. The van der Waals surface area contributed by atoms with Crippen molar-refractivity contribution in [1.29, 1.82) is 0 Å².